The summed E-state index contributed by atoms with van der Waals surface area (Å²) in [5.74, 6) is 0.666. The molecule has 0 bridgehead atoms. The predicted octanol–water partition coefficient (Wildman–Crippen LogP) is 2.26. The predicted molar refractivity (Wildman–Crippen MR) is 83.6 cm³/mol. The largest absolute Gasteiger partial charge is 0.396 e. The summed E-state index contributed by atoms with van der Waals surface area (Å²) in [5.41, 5.74) is 1.40. The summed E-state index contributed by atoms with van der Waals surface area (Å²) in [6.45, 7) is 6.81. The van der Waals surface area contributed by atoms with E-state index in [0.717, 1.165) is 26.1 Å². The van der Waals surface area contributed by atoms with Gasteiger partial charge < -0.3 is 10.4 Å². The summed E-state index contributed by atoms with van der Waals surface area (Å²) in [7, 11) is 0. The second kappa shape index (κ2) is 8.40. The van der Waals surface area contributed by atoms with Gasteiger partial charge >= 0.3 is 0 Å². The van der Waals surface area contributed by atoms with Gasteiger partial charge in [-0.25, -0.2) is 0 Å². The Bertz CT molecular complexity index is 363. The molecule has 3 nitrogen and oxygen atoms in total. The topological polar surface area (TPSA) is 35.5 Å². The molecule has 1 saturated heterocycles. The number of aliphatic hydroxyl groups excluding tert-OH is 1. The number of piperidine rings is 1. The molecule has 0 amide bonds. The first-order valence-electron chi connectivity index (χ1n) is 7.94. The van der Waals surface area contributed by atoms with Crippen molar-refractivity contribution < 1.29 is 5.11 Å². The van der Waals surface area contributed by atoms with Gasteiger partial charge in [-0.15, -0.1) is 0 Å². The van der Waals surface area contributed by atoms with E-state index in [1.54, 1.807) is 0 Å². The molecule has 2 atom stereocenters. The molecule has 1 aliphatic rings. The molecule has 1 aromatic carbocycles. The van der Waals surface area contributed by atoms with Crippen molar-refractivity contribution in [3.05, 3.63) is 35.9 Å². The van der Waals surface area contributed by atoms with Gasteiger partial charge in [-0.2, -0.15) is 0 Å². The van der Waals surface area contributed by atoms with Crippen molar-refractivity contribution in [2.24, 2.45) is 5.92 Å². The number of nitrogens with zero attached hydrogens (tertiary/aromatic N) is 1. The maximum atomic E-state index is 9.24. The van der Waals surface area contributed by atoms with Crippen LogP contribution in [0.15, 0.2) is 30.3 Å². The van der Waals surface area contributed by atoms with Gasteiger partial charge in [-0.1, -0.05) is 37.3 Å². The van der Waals surface area contributed by atoms with E-state index in [2.05, 4.69) is 47.5 Å². The van der Waals surface area contributed by atoms with Crippen molar-refractivity contribution in [3.8, 4) is 0 Å². The average molecular weight is 276 g/mol. The molecule has 0 saturated carbocycles. The van der Waals surface area contributed by atoms with Crippen LogP contribution in [0.3, 0.4) is 0 Å². The van der Waals surface area contributed by atoms with E-state index in [0.29, 0.717) is 12.0 Å². The van der Waals surface area contributed by atoms with E-state index in [1.165, 1.54) is 24.9 Å². The quantitative estimate of drug-likeness (QED) is 0.802. The second-order valence-electron chi connectivity index (χ2n) is 5.80. The molecule has 3 heteroatoms. The smallest absolute Gasteiger partial charge is 0.0445 e. The maximum absolute atomic E-state index is 9.24. The monoisotopic (exact) mass is 276 g/mol. The van der Waals surface area contributed by atoms with Crippen LogP contribution in [0.1, 0.15) is 31.7 Å². The van der Waals surface area contributed by atoms with E-state index < -0.39 is 0 Å². The molecule has 0 aliphatic carbocycles. The van der Waals surface area contributed by atoms with Crippen LogP contribution in [-0.4, -0.2) is 42.3 Å². The summed E-state index contributed by atoms with van der Waals surface area (Å²) in [5, 5.41) is 12.8. The molecular formula is C17H28N2O. The molecule has 1 fully saturated rings. The van der Waals surface area contributed by atoms with E-state index in [4.69, 9.17) is 0 Å². The lowest BCUT2D eigenvalue weighted by molar-refractivity contribution is 0.128. The molecule has 0 aromatic heterocycles. The Morgan fingerprint density at radius 3 is 2.85 bits per heavy atom. The van der Waals surface area contributed by atoms with Gasteiger partial charge in [0.25, 0.3) is 0 Å². The van der Waals surface area contributed by atoms with Crippen LogP contribution < -0.4 is 5.32 Å². The fourth-order valence-corrected chi connectivity index (χ4v) is 3.31. The summed E-state index contributed by atoms with van der Waals surface area (Å²) in [4.78, 5) is 2.56. The van der Waals surface area contributed by atoms with Crippen LogP contribution >= 0.6 is 0 Å². The number of likely N-dealkylation sites (tertiary alicyclic amines) is 1. The molecule has 1 aromatic rings. The molecular weight excluding hydrogens is 248 g/mol. The van der Waals surface area contributed by atoms with Crippen molar-refractivity contribution >= 4 is 0 Å². The van der Waals surface area contributed by atoms with Gasteiger partial charge in [0.2, 0.25) is 0 Å². The molecule has 112 valence electrons. The van der Waals surface area contributed by atoms with E-state index in [1.807, 2.05) is 0 Å². The van der Waals surface area contributed by atoms with E-state index in [-0.39, 0.29) is 6.61 Å². The van der Waals surface area contributed by atoms with Crippen LogP contribution in [-0.2, 0) is 6.54 Å². The fourth-order valence-electron chi connectivity index (χ4n) is 3.31. The van der Waals surface area contributed by atoms with Crippen molar-refractivity contribution in [2.75, 3.05) is 26.2 Å². The third kappa shape index (κ3) is 4.58. The van der Waals surface area contributed by atoms with E-state index >= 15 is 0 Å². The first kappa shape index (κ1) is 15.5. The Labute approximate surface area is 123 Å². The SMILES string of the molecule is CCN[C@@H](CCO)[C@H]1CCCN(Cc2ccccc2)C1. The van der Waals surface area contributed by atoms with Crippen molar-refractivity contribution in [1.82, 2.24) is 10.2 Å². The average Bonchev–Trinajstić information content (AvgIpc) is 2.48. The van der Waals surface area contributed by atoms with Gasteiger partial charge in [0.05, 0.1) is 0 Å². The maximum Gasteiger partial charge on any atom is 0.0445 e. The van der Waals surface area contributed by atoms with Crippen LogP contribution in [0.2, 0.25) is 0 Å². The van der Waals surface area contributed by atoms with Gasteiger partial charge in [0.15, 0.2) is 0 Å². The number of benzene rings is 1. The molecule has 2 rings (SSSR count). The Hall–Kier alpha value is -0.900. The molecule has 1 aliphatic heterocycles. The Kier molecular flexibility index (Phi) is 6.51. The fraction of sp³-hybridized carbons (Fsp3) is 0.647. The van der Waals surface area contributed by atoms with Crippen LogP contribution in [0.25, 0.3) is 0 Å². The number of hydrogen-bond acceptors (Lipinski definition) is 3. The van der Waals surface area contributed by atoms with E-state index in [9.17, 15) is 5.11 Å². The summed E-state index contributed by atoms with van der Waals surface area (Å²) < 4.78 is 0. The Morgan fingerprint density at radius 2 is 2.15 bits per heavy atom. The lowest BCUT2D eigenvalue weighted by atomic mass is 9.88. The Morgan fingerprint density at radius 1 is 1.35 bits per heavy atom. The van der Waals surface area contributed by atoms with Crippen molar-refractivity contribution in [2.45, 2.75) is 38.8 Å². The van der Waals surface area contributed by atoms with Crippen molar-refractivity contribution in [1.29, 1.82) is 0 Å². The summed E-state index contributed by atoms with van der Waals surface area (Å²) in [6, 6.07) is 11.2. The highest BCUT2D eigenvalue weighted by molar-refractivity contribution is 5.14. The minimum absolute atomic E-state index is 0.285. The number of rotatable bonds is 7. The van der Waals surface area contributed by atoms with Gasteiger partial charge in [-0.3, -0.25) is 4.90 Å². The molecule has 0 spiro atoms. The Balaban J connectivity index is 1.90. The van der Waals surface area contributed by atoms with Crippen LogP contribution in [0.5, 0.6) is 0 Å². The zero-order chi connectivity index (χ0) is 14.2. The highest BCUT2D eigenvalue weighted by Crippen LogP contribution is 2.23. The summed E-state index contributed by atoms with van der Waals surface area (Å²) >= 11 is 0. The van der Waals surface area contributed by atoms with Crippen LogP contribution in [0.4, 0.5) is 0 Å². The lowest BCUT2D eigenvalue weighted by Crippen LogP contribution is -2.45. The second-order valence-corrected chi connectivity index (χ2v) is 5.80. The highest BCUT2D eigenvalue weighted by atomic mass is 16.3. The molecule has 1 heterocycles. The first-order valence-corrected chi connectivity index (χ1v) is 7.94. The van der Waals surface area contributed by atoms with Gasteiger partial charge in [0, 0.05) is 25.7 Å². The standard InChI is InChI=1S/C17H28N2O/c1-2-18-17(10-12-20)16-9-6-11-19(14-16)13-15-7-4-3-5-8-15/h3-5,7-8,16-18,20H,2,6,9-14H2,1H3/t16-,17-/m0/s1. The zero-order valence-electron chi connectivity index (χ0n) is 12.6. The normalized spacial score (nSPS) is 21.8. The lowest BCUT2D eigenvalue weighted by Gasteiger charge is -2.37. The first-order chi connectivity index (χ1) is 9.83. The third-order valence-electron chi connectivity index (χ3n) is 4.27. The van der Waals surface area contributed by atoms with Gasteiger partial charge in [-0.05, 0) is 43.8 Å². The van der Waals surface area contributed by atoms with Crippen molar-refractivity contribution in [3.63, 3.8) is 0 Å². The highest BCUT2D eigenvalue weighted by Gasteiger charge is 2.26. The molecule has 0 unspecified atom stereocenters. The minimum Gasteiger partial charge on any atom is -0.396 e. The number of aliphatic hydroxyl groups is 1. The molecule has 0 radical (unpaired) electrons. The number of hydrogen-bond donors (Lipinski definition) is 2. The minimum atomic E-state index is 0.285. The molecule has 2 N–H and O–H groups in total. The zero-order valence-corrected chi connectivity index (χ0v) is 12.6. The van der Waals surface area contributed by atoms with Gasteiger partial charge in [0.1, 0.15) is 0 Å². The number of nitrogens with one attached hydrogen (secondary N) is 1. The third-order valence-corrected chi connectivity index (χ3v) is 4.27. The van der Waals surface area contributed by atoms with Crippen LogP contribution in [0, 0.1) is 5.92 Å². The summed E-state index contributed by atoms with van der Waals surface area (Å²) in [6.07, 6.45) is 3.42. The molecule has 20 heavy (non-hydrogen) atoms.